The quantitative estimate of drug-likeness (QED) is 0.751. The van der Waals surface area contributed by atoms with E-state index in [2.05, 4.69) is 51.1 Å². The Labute approximate surface area is 104 Å². The van der Waals surface area contributed by atoms with Gasteiger partial charge in [-0.3, -0.25) is 4.70 Å². The average Bonchev–Trinajstić information content (AvgIpc) is 2.28. The normalized spacial score (nSPS) is 9.59. The van der Waals surface area contributed by atoms with E-state index in [9.17, 15) is 0 Å². The maximum atomic E-state index is 2.29. The third-order valence-electron chi connectivity index (χ3n) is 3.37. The minimum Gasteiger partial charge on any atom is -1.00 e. The highest BCUT2D eigenvalue weighted by molar-refractivity contribution is 5.13. The SMILES string of the molecule is CC[N+](CC)(CC)Cc1ccccc1.F.N.[F-]. The van der Waals surface area contributed by atoms with Gasteiger partial charge < -0.3 is 15.3 Å². The lowest BCUT2D eigenvalue weighted by Gasteiger charge is -2.35. The summed E-state index contributed by atoms with van der Waals surface area (Å²) in [5.74, 6) is 0. The first-order chi connectivity index (χ1) is 6.76. The Morgan fingerprint density at radius 2 is 1.29 bits per heavy atom. The second kappa shape index (κ2) is 10.2. The molecule has 0 amide bonds. The van der Waals surface area contributed by atoms with Crippen LogP contribution in [0.4, 0.5) is 4.70 Å². The summed E-state index contributed by atoms with van der Waals surface area (Å²) in [7, 11) is 0. The molecule has 0 fully saturated rings. The highest BCUT2D eigenvalue weighted by atomic mass is 19.0. The van der Waals surface area contributed by atoms with Crippen molar-refractivity contribution < 1.29 is 13.9 Å². The summed E-state index contributed by atoms with van der Waals surface area (Å²) in [6, 6.07) is 10.8. The summed E-state index contributed by atoms with van der Waals surface area (Å²) in [6.45, 7) is 11.7. The van der Waals surface area contributed by atoms with Crippen LogP contribution >= 0.6 is 0 Å². The molecule has 0 unspecified atom stereocenters. The summed E-state index contributed by atoms with van der Waals surface area (Å²) in [6.07, 6.45) is 0. The molecule has 0 saturated heterocycles. The first kappa shape index (κ1) is 21.3. The Morgan fingerprint density at radius 1 is 0.882 bits per heavy atom. The molecule has 0 heterocycles. The highest BCUT2D eigenvalue weighted by Crippen LogP contribution is 2.13. The molecule has 4 heteroatoms. The third kappa shape index (κ3) is 5.75. The minimum absolute atomic E-state index is 0. The lowest BCUT2D eigenvalue weighted by Crippen LogP contribution is -3.00. The number of halogens is 2. The van der Waals surface area contributed by atoms with Gasteiger partial charge in [0.15, 0.2) is 0 Å². The molecule has 102 valence electrons. The molecule has 3 N–H and O–H groups in total. The van der Waals surface area contributed by atoms with E-state index in [0.29, 0.717) is 0 Å². The molecule has 0 aliphatic rings. The van der Waals surface area contributed by atoms with Gasteiger partial charge in [0, 0.05) is 5.56 Å². The number of nitrogens with zero attached hydrogens (tertiary/aromatic N) is 1. The molecule has 0 aliphatic heterocycles. The maximum Gasteiger partial charge on any atom is 0.104 e. The predicted octanol–water partition coefficient (Wildman–Crippen LogP) is 0.382. The predicted molar refractivity (Wildman–Crippen MR) is 69.6 cm³/mol. The first-order valence-corrected chi connectivity index (χ1v) is 5.65. The number of quaternary nitrogens is 1. The molecule has 0 spiro atoms. The summed E-state index contributed by atoms with van der Waals surface area (Å²) in [4.78, 5) is 0. The zero-order valence-corrected chi connectivity index (χ0v) is 11.2. The van der Waals surface area contributed by atoms with Crippen molar-refractivity contribution in [2.75, 3.05) is 19.6 Å². The molecule has 2 nitrogen and oxygen atoms in total. The van der Waals surface area contributed by atoms with Crippen molar-refractivity contribution in [1.82, 2.24) is 6.15 Å². The molecule has 17 heavy (non-hydrogen) atoms. The van der Waals surface area contributed by atoms with Gasteiger partial charge >= 0.3 is 0 Å². The molecule has 0 bridgehead atoms. The van der Waals surface area contributed by atoms with Crippen molar-refractivity contribution in [2.45, 2.75) is 27.3 Å². The second-order valence-electron chi connectivity index (χ2n) is 3.93. The van der Waals surface area contributed by atoms with Crippen LogP contribution in [0.25, 0.3) is 0 Å². The molecular formula is C13H26F2N2. The van der Waals surface area contributed by atoms with Crippen LogP contribution in [0.5, 0.6) is 0 Å². The number of hydrogen-bond acceptors (Lipinski definition) is 1. The molecule has 0 saturated carbocycles. The Balaban J connectivity index is -0.000000653. The van der Waals surface area contributed by atoms with Crippen LogP contribution in [0.15, 0.2) is 30.3 Å². The molecule has 1 aromatic rings. The number of benzene rings is 1. The Hall–Kier alpha value is -1.00. The van der Waals surface area contributed by atoms with E-state index in [1.807, 2.05) is 0 Å². The first-order valence-electron chi connectivity index (χ1n) is 5.65. The highest BCUT2D eigenvalue weighted by Gasteiger charge is 2.20. The molecule has 0 aliphatic carbocycles. The van der Waals surface area contributed by atoms with Crippen molar-refractivity contribution in [3.8, 4) is 0 Å². The smallest absolute Gasteiger partial charge is 0.104 e. The number of hydrogen-bond donors (Lipinski definition) is 1. The van der Waals surface area contributed by atoms with Crippen molar-refractivity contribution in [2.24, 2.45) is 0 Å². The number of rotatable bonds is 5. The van der Waals surface area contributed by atoms with Crippen LogP contribution in [-0.2, 0) is 6.54 Å². The second-order valence-corrected chi connectivity index (χ2v) is 3.93. The summed E-state index contributed by atoms with van der Waals surface area (Å²) in [5, 5.41) is 0. The van der Waals surface area contributed by atoms with Crippen LogP contribution in [0, 0.1) is 0 Å². The van der Waals surface area contributed by atoms with Crippen LogP contribution in [-0.4, -0.2) is 24.1 Å². The largest absolute Gasteiger partial charge is 1.00 e. The molecule has 0 aromatic heterocycles. The van der Waals surface area contributed by atoms with Gasteiger partial charge in [-0.1, -0.05) is 30.3 Å². The monoisotopic (exact) mass is 248 g/mol. The Morgan fingerprint density at radius 3 is 1.65 bits per heavy atom. The Bertz CT molecular complexity index is 253. The van der Waals surface area contributed by atoms with Gasteiger partial charge in [-0.25, -0.2) is 0 Å². The van der Waals surface area contributed by atoms with E-state index in [4.69, 9.17) is 0 Å². The van der Waals surface area contributed by atoms with Crippen molar-refractivity contribution in [3.05, 3.63) is 35.9 Å². The average molecular weight is 248 g/mol. The lowest BCUT2D eigenvalue weighted by atomic mass is 10.2. The van der Waals surface area contributed by atoms with Crippen LogP contribution in [0.1, 0.15) is 26.3 Å². The molecule has 1 rings (SSSR count). The zero-order valence-electron chi connectivity index (χ0n) is 11.2. The van der Waals surface area contributed by atoms with Gasteiger partial charge in [0.25, 0.3) is 0 Å². The fourth-order valence-electron chi connectivity index (χ4n) is 1.98. The fourth-order valence-corrected chi connectivity index (χ4v) is 1.98. The topological polar surface area (TPSA) is 35.0 Å². The van der Waals surface area contributed by atoms with Gasteiger partial charge in [-0.2, -0.15) is 0 Å². The lowest BCUT2D eigenvalue weighted by molar-refractivity contribution is -0.936. The standard InChI is InChI=1S/C13H22N.2FH.H3N/c1-4-14(5-2,6-3)12-13-10-8-7-9-11-13;;;/h7-11H,4-6,12H2,1-3H3;2*1H;1H3/q+1;;;/p-1. The van der Waals surface area contributed by atoms with Gasteiger partial charge in [0.05, 0.1) is 19.6 Å². The molecular weight excluding hydrogens is 222 g/mol. The summed E-state index contributed by atoms with van der Waals surface area (Å²) >= 11 is 0. The fraction of sp³-hybridized carbons (Fsp3) is 0.538. The van der Waals surface area contributed by atoms with E-state index in [1.165, 1.54) is 36.2 Å². The molecule has 0 atom stereocenters. The molecule has 1 aromatic carbocycles. The minimum atomic E-state index is 0. The Kier molecular flexibility index (Phi) is 12.7. The van der Waals surface area contributed by atoms with Crippen molar-refractivity contribution in [1.29, 1.82) is 0 Å². The van der Waals surface area contributed by atoms with E-state index in [0.717, 1.165) is 0 Å². The molecule has 0 radical (unpaired) electrons. The van der Waals surface area contributed by atoms with Crippen molar-refractivity contribution in [3.63, 3.8) is 0 Å². The van der Waals surface area contributed by atoms with E-state index < -0.39 is 0 Å². The summed E-state index contributed by atoms with van der Waals surface area (Å²) < 4.78 is 1.20. The zero-order chi connectivity index (χ0) is 10.4. The van der Waals surface area contributed by atoms with Crippen LogP contribution < -0.4 is 10.9 Å². The van der Waals surface area contributed by atoms with E-state index in [-0.39, 0.29) is 15.6 Å². The van der Waals surface area contributed by atoms with Crippen LogP contribution in [0.2, 0.25) is 0 Å². The van der Waals surface area contributed by atoms with Gasteiger partial charge in [0.1, 0.15) is 6.54 Å². The van der Waals surface area contributed by atoms with E-state index in [1.54, 1.807) is 0 Å². The van der Waals surface area contributed by atoms with Gasteiger partial charge in [0.2, 0.25) is 0 Å². The van der Waals surface area contributed by atoms with Gasteiger partial charge in [-0.15, -0.1) is 0 Å². The van der Waals surface area contributed by atoms with Gasteiger partial charge in [-0.05, 0) is 20.8 Å². The summed E-state index contributed by atoms with van der Waals surface area (Å²) in [5.41, 5.74) is 1.46. The van der Waals surface area contributed by atoms with Crippen molar-refractivity contribution >= 4 is 0 Å². The van der Waals surface area contributed by atoms with E-state index >= 15 is 0 Å². The third-order valence-corrected chi connectivity index (χ3v) is 3.37. The van der Waals surface area contributed by atoms with Crippen LogP contribution in [0.3, 0.4) is 0 Å². The maximum absolute atomic E-state index is 2.29.